The van der Waals surface area contributed by atoms with Crippen molar-refractivity contribution in [1.29, 1.82) is 0 Å². The van der Waals surface area contributed by atoms with Gasteiger partial charge in [-0.3, -0.25) is 4.90 Å². The standard InChI is InChI=1S/C12H15FN2/c13-11-8-10(4-5-12(11)14)9-15-6-2-1-3-7-15/h1-2,4-5,8H,3,6-7,9,14H2. The summed E-state index contributed by atoms with van der Waals surface area (Å²) in [5.41, 5.74) is 6.63. The van der Waals surface area contributed by atoms with Crippen LogP contribution in [-0.2, 0) is 6.54 Å². The van der Waals surface area contributed by atoms with Gasteiger partial charge in [0.25, 0.3) is 0 Å². The zero-order valence-corrected chi connectivity index (χ0v) is 8.62. The van der Waals surface area contributed by atoms with Crippen LogP contribution in [-0.4, -0.2) is 18.0 Å². The van der Waals surface area contributed by atoms with Crippen molar-refractivity contribution in [3.63, 3.8) is 0 Å². The van der Waals surface area contributed by atoms with Gasteiger partial charge in [0.2, 0.25) is 0 Å². The highest BCUT2D eigenvalue weighted by atomic mass is 19.1. The number of rotatable bonds is 2. The molecule has 1 heterocycles. The Bertz CT molecular complexity index is 374. The van der Waals surface area contributed by atoms with Gasteiger partial charge in [-0.1, -0.05) is 18.2 Å². The van der Waals surface area contributed by atoms with Crippen molar-refractivity contribution in [3.8, 4) is 0 Å². The highest BCUT2D eigenvalue weighted by Gasteiger charge is 2.07. The van der Waals surface area contributed by atoms with Crippen LogP contribution in [0.1, 0.15) is 12.0 Å². The second kappa shape index (κ2) is 4.45. The van der Waals surface area contributed by atoms with E-state index in [1.807, 2.05) is 6.07 Å². The maximum absolute atomic E-state index is 13.2. The molecule has 1 aliphatic heterocycles. The molecule has 0 spiro atoms. The third-order valence-corrected chi connectivity index (χ3v) is 2.61. The van der Waals surface area contributed by atoms with Crippen molar-refractivity contribution in [2.45, 2.75) is 13.0 Å². The van der Waals surface area contributed by atoms with Crippen LogP contribution in [0, 0.1) is 5.82 Å². The van der Waals surface area contributed by atoms with Crippen LogP contribution in [0.3, 0.4) is 0 Å². The minimum atomic E-state index is -0.319. The monoisotopic (exact) mass is 206 g/mol. The summed E-state index contributed by atoms with van der Waals surface area (Å²) in [6, 6.07) is 5.04. The summed E-state index contributed by atoms with van der Waals surface area (Å²) in [5, 5.41) is 0. The van der Waals surface area contributed by atoms with E-state index in [-0.39, 0.29) is 11.5 Å². The van der Waals surface area contributed by atoms with Crippen molar-refractivity contribution in [2.24, 2.45) is 0 Å². The lowest BCUT2D eigenvalue weighted by molar-refractivity contribution is 0.290. The summed E-state index contributed by atoms with van der Waals surface area (Å²) >= 11 is 0. The fraction of sp³-hybridized carbons (Fsp3) is 0.333. The van der Waals surface area contributed by atoms with E-state index in [0.29, 0.717) is 0 Å². The highest BCUT2D eigenvalue weighted by Crippen LogP contribution is 2.14. The minimum Gasteiger partial charge on any atom is -0.396 e. The summed E-state index contributed by atoms with van der Waals surface area (Å²) in [5.74, 6) is -0.319. The van der Waals surface area contributed by atoms with Crippen LogP contribution in [0.5, 0.6) is 0 Å². The first-order chi connectivity index (χ1) is 7.25. The Morgan fingerprint density at radius 2 is 2.20 bits per heavy atom. The number of halogens is 1. The fourth-order valence-electron chi connectivity index (χ4n) is 1.76. The molecular weight excluding hydrogens is 191 g/mol. The van der Waals surface area contributed by atoms with E-state index in [1.54, 1.807) is 6.07 Å². The Kier molecular flexibility index (Phi) is 3.02. The van der Waals surface area contributed by atoms with Crippen LogP contribution >= 0.6 is 0 Å². The molecule has 1 aromatic rings. The first-order valence-electron chi connectivity index (χ1n) is 5.17. The highest BCUT2D eigenvalue weighted by molar-refractivity contribution is 5.41. The zero-order chi connectivity index (χ0) is 10.7. The first-order valence-corrected chi connectivity index (χ1v) is 5.17. The van der Waals surface area contributed by atoms with Gasteiger partial charge in [-0.15, -0.1) is 0 Å². The van der Waals surface area contributed by atoms with Crippen LogP contribution < -0.4 is 5.73 Å². The molecule has 0 aromatic heterocycles. The van der Waals surface area contributed by atoms with Crippen LogP contribution in [0.15, 0.2) is 30.4 Å². The third kappa shape index (κ3) is 2.57. The van der Waals surface area contributed by atoms with Gasteiger partial charge < -0.3 is 5.73 Å². The molecule has 0 saturated heterocycles. The molecule has 0 atom stereocenters. The Morgan fingerprint density at radius 1 is 1.33 bits per heavy atom. The quantitative estimate of drug-likeness (QED) is 0.593. The molecule has 2 rings (SSSR count). The molecule has 2 N–H and O–H groups in total. The minimum absolute atomic E-state index is 0.220. The average Bonchev–Trinajstić information content (AvgIpc) is 2.25. The molecular formula is C12H15FN2. The van der Waals surface area contributed by atoms with Crippen molar-refractivity contribution < 1.29 is 4.39 Å². The average molecular weight is 206 g/mol. The van der Waals surface area contributed by atoms with Crippen molar-refractivity contribution >= 4 is 5.69 Å². The molecule has 0 unspecified atom stereocenters. The van der Waals surface area contributed by atoms with E-state index in [9.17, 15) is 4.39 Å². The lowest BCUT2D eigenvalue weighted by Crippen LogP contribution is -2.26. The molecule has 0 bridgehead atoms. The molecule has 80 valence electrons. The van der Waals surface area contributed by atoms with E-state index in [1.165, 1.54) is 6.07 Å². The lowest BCUT2D eigenvalue weighted by Gasteiger charge is -2.22. The van der Waals surface area contributed by atoms with E-state index < -0.39 is 0 Å². The number of nitrogens with zero attached hydrogens (tertiary/aromatic N) is 1. The smallest absolute Gasteiger partial charge is 0.146 e. The summed E-state index contributed by atoms with van der Waals surface area (Å²) < 4.78 is 13.2. The van der Waals surface area contributed by atoms with Crippen LogP contribution in [0.25, 0.3) is 0 Å². The first kappa shape index (κ1) is 10.2. The second-order valence-corrected chi connectivity index (χ2v) is 3.85. The number of nitrogen functional groups attached to an aromatic ring is 1. The molecule has 0 amide bonds. The second-order valence-electron chi connectivity index (χ2n) is 3.85. The molecule has 0 saturated carbocycles. The largest absolute Gasteiger partial charge is 0.396 e. The molecule has 0 fully saturated rings. The van der Waals surface area contributed by atoms with Crippen LogP contribution in [0.4, 0.5) is 10.1 Å². The molecule has 1 aliphatic rings. The molecule has 2 nitrogen and oxygen atoms in total. The molecule has 0 radical (unpaired) electrons. The Balaban J connectivity index is 2.04. The van der Waals surface area contributed by atoms with Gasteiger partial charge in [-0.05, 0) is 24.1 Å². The predicted octanol–water partition coefficient (Wildman–Crippen LogP) is 2.17. The molecule has 15 heavy (non-hydrogen) atoms. The molecule has 1 aromatic carbocycles. The van der Waals surface area contributed by atoms with Crippen molar-refractivity contribution in [1.82, 2.24) is 4.90 Å². The summed E-state index contributed by atoms with van der Waals surface area (Å²) in [7, 11) is 0. The van der Waals surface area contributed by atoms with Crippen molar-refractivity contribution in [3.05, 3.63) is 41.7 Å². The normalized spacial score (nSPS) is 16.9. The summed E-state index contributed by atoms with van der Waals surface area (Å²) in [6.45, 7) is 2.79. The Morgan fingerprint density at radius 3 is 2.87 bits per heavy atom. The van der Waals surface area contributed by atoms with Crippen molar-refractivity contribution in [2.75, 3.05) is 18.8 Å². The molecule has 3 heteroatoms. The number of hydrogen-bond donors (Lipinski definition) is 1. The van der Waals surface area contributed by atoms with Gasteiger partial charge in [0, 0.05) is 19.6 Å². The number of benzene rings is 1. The number of hydrogen-bond acceptors (Lipinski definition) is 2. The van der Waals surface area contributed by atoms with Gasteiger partial charge in [0.15, 0.2) is 0 Å². The van der Waals surface area contributed by atoms with E-state index in [0.717, 1.165) is 31.6 Å². The maximum atomic E-state index is 13.2. The molecule has 0 aliphatic carbocycles. The van der Waals surface area contributed by atoms with Gasteiger partial charge >= 0.3 is 0 Å². The number of anilines is 1. The van der Waals surface area contributed by atoms with E-state index >= 15 is 0 Å². The summed E-state index contributed by atoms with van der Waals surface area (Å²) in [6.07, 6.45) is 5.41. The van der Waals surface area contributed by atoms with Gasteiger partial charge in [-0.25, -0.2) is 4.39 Å². The predicted molar refractivity (Wildman–Crippen MR) is 59.8 cm³/mol. The maximum Gasteiger partial charge on any atom is 0.146 e. The topological polar surface area (TPSA) is 29.3 Å². The van der Waals surface area contributed by atoms with Gasteiger partial charge in [0.05, 0.1) is 5.69 Å². The number of nitrogens with two attached hydrogens (primary N) is 1. The fourth-order valence-corrected chi connectivity index (χ4v) is 1.76. The van der Waals surface area contributed by atoms with E-state index in [2.05, 4.69) is 17.1 Å². The third-order valence-electron chi connectivity index (χ3n) is 2.61. The Labute approximate surface area is 89.2 Å². The summed E-state index contributed by atoms with van der Waals surface area (Å²) in [4.78, 5) is 2.28. The zero-order valence-electron chi connectivity index (χ0n) is 8.62. The SMILES string of the molecule is Nc1ccc(CN2CC=CCC2)cc1F. The lowest BCUT2D eigenvalue weighted by atomic mass is 10.1. The van der Waals surface area contributed by atoms with E-state index in [4.69, 9.17) is 5.73 Å². The van der Waals surface area contributed by atoms with Gasteiger partial charge in [0.1, 0.15) is 5.82 Å². The van der Waals surface area contributed by atoms with Crippen LogP contribution in [0.2, 0.25) is 0 Å². The van der Waals surface area contributed by atoms with Gasteiger partial charge in [-0.2, -0.15) is 0 Å². The Hall–Kier alpha value is -1.35.